The molecule has 0 saturated carbocycles. The van der Waals surface area contributed by atoms with Crippen LogP contribution in [0.4, 0.5) is 0 Å². The third kappa shape index (κ3) is 4.11. The van der Waals surface area contributed by atoms with Gasteiger partial charge < -0.3 is 0 Å². The molecule has 96 valence electrons. The maximum Gasteiger partial charge on any atom is 0.0474 e. The Labute approximate surface area is 119 Å². The summed E-state index contributed by atoms with van der Waals surface area (Å²) in [5, 5.41) is 2.64. The average Bonchev–Trinajstić information content (AvgIpc) is 2.48. The number of hydrogen-bond donors (Lipinski definition) is 0. The highest BCUT2D eigenvalue weighted by atomic mass is 35.5. The van der Waals surface area contributed by atoms with Crippen molar-refractivity contribution in [1.29, 1.82) is 0 Å². The second kappa shape index (κ2) is 6.96. The minimum absolute atomic E-state index is 0.612. The summed E-state index contributed by atoms with van der Waals surface area (Å²) in [6.07, 6.45) is 0. The van der Waals surface area contributed by atoms with Crippen molar-refractivity contribution in [3.8, 4) is 0 Å². The van der Waals surface area contributed by atoms with Gasteiger partial charge in [-0.1, -0.05) is 78.4 Å². The first-order chi connectivity index (χ1) is 9.29. The number of hydrogen-bond acceptors (Lipinski definition) is 0. The first-order valence-electron chi connectivity index (χ1n) is 6.35. The van der Waals surface area contributed by atoms with Crippen LogP contribution in [0.5, 0.6) is 0 Å². The van der Waals surface area contributed by atoms with E-state index in [1.54, 1.807) is 0 Å². The lowest BCUT2D eigenvalue weighted by atomic mass is 10.1. The van der Waals surface area contributed by atoms with Gasteiger partial charge in [0, 0.05) is 5.88 Å². The first kappa shape index (κ1) is 13.6. The van der Waals surface area contributed by atoms with Gasteiger partial charge in [-0.05, 0) is 23.3 Å². The van der Waals surface area contributed by atoms with Crippen LogP contribution in [0.1, 0.15) is 11.1 Å². The molecule has 0 spiro atoms. The fourth-order valence-electron chi connectivity index (χ4n) is 1.88. The van der Waals surface area contributed by atoms with Crippen LogP contribution in [-0.4, -0.2) is 0 Å². The van der Waals surface area contributed by atoms with E-state index >= 15 is 0 Å². The molecule has 0 bridgehead atoms. The summed E-state index contributed by atoms with van der Waals surface area (Å²) in [6.45, 7) is 2.12. The Hall–Kier alpha value is -1.79. The largest absolute Gasteiger partial charge is 0.122 e. The molecule has 0 radical (unpaired) electrons. The van der Waals surface area contributed by atoms with Crippen molar-refractivity contribution in [2.24, 2.45) is 0 Å². The summed E-state index contributed by atoms with van der Waals surface area (Å²) in [6, 6.07) is 24.9. The molecule has 0 amide bonds. The van der Waals surface area contributed by atoms with E-state index in [-0.39, 0.29) is 0 Å². The average molecular weight is 269 g/mol. The topological polar surface area (TPSA) is 0 Å². The van der Waals surface area contributed by atoms with Crippen LogP contribution in [0, 0.1) is 6.92 Å². The molecular weight excluding hydrogens is 252 g/mol. The number of fused-ring (bicyclic) bond motifs is 1. The van der Waals surface area contributed by atoms with Crippen LogP contribution in [0.15, 0.2) is 72.8 Å². The molecule has 0 aliphatic carbocycles. The smallest absolute Gasteiger partial charge is 0.0474 e. The van der Waals surface area contributed by atoms with Gasteiger partial charge >= 0.3 is 0 Å². The Balaban J connectivity index is 0.000000148. The van der Waals surface area contributed by atoms with Crippen molar-refractivity contribution >= 4 is 22.4 Å². The highest BCUT2D eigenvalue weighted by Crippen LogP contribution is 2.14. The predicted molar refractivity (Wildman–Crippen MR) is 84.7 cm³/mol. The zero-order valence-corrected chi connectivity index (χ0v) is 11.8. The van der Waals surface area contributed by atoms with Gasteiger partial charge in [-0.3, -0.25) is 0 Å². The van der Waals surface area contributed by atoms with Gasteiger partial charge in [0.2, 0.25) is 0 Å². The molecule has 1 heteroatoms. The fraction of sp³-hybridized carbons (Fsp3) is 0.111. The van der Waals surface area contributed by atoms with E-state index in [1.807, 2.05) is 30.3 Å². The molecule has 0 aliphatic rings. The van der Waals surface area contributed by atoms with E-state index in [2.05, 4.69) is 49.4 Å². The minimum Gasteiger partial charge on any atom is -0.122 e. The molecule has 0 atom stereocenters. The Bertz CT molecular complexity index is 629. The van der Waals surface area contributed by atoms with Gasteiger partial charge in [0.05, 0.1) is 0 Å². The monoisotopic (exact) mass is 268 g/mol. The highest BCUT2D eigenvalue weighted by Gasteiger charge is 1.89. The Morgan fingerprint density at radius 3 is 2.00 bits per heavy atom. The molecule has 3 aromatic carbocycles. The van der Waals surface area contributed by atoms with Gasteiger partial charge in [0.25, 0.3) is 0 Å². The first-order valence-corrected chi connectivity index (χ1v) is 6.88. The van der Waals surface area contributed by atoms with Crippen LogP contribution in [0.25, 0.3) is 10.8 Å². The molecule has 0 unspecified atom stereocenters. The van der Waals surface area contributed by atoms with Gasteiger partial charge in [0.1, 0.15) is 0 Å². The predicted octanol–water partition coefficient (Wildman–Crippen LogP) is 5.57. The Morgan fingerprint density at radius 1 is 0.737 bits per heavy atom. The molecule has 0 heterocycles. The molecule has 0 saturated heterocycles. The lowest BCUT2D eigenvalue weighted by molar-refractivity contribution is 1.41. The van der Waals surface area contributed by atoms with Crippen LogP contribution in [0.2, 0.25) is 0 Å². The van der Waals surface area contributed by atoms with Gasteiger partial charge in [-0.2, -0.15) is 0 Å². The highest BCUT2D eigenvalue weighted by molar-refractivity contribution is 6.17. The third-order valence-electron chi connectivity index (χ3n) is 2.90. The third-order valence-corrected chi connectivity index (χ3v) is 3.21. The molecule has 0 N–H and O–H groups in total. The van der Waals surface area contributed by atoms with E-state index in [4.69, 9.17) is 11.6 Å². The van der Waals surface area contributed by atoms with Gasteiger partial charge in [0.15, 0.2) is 0 Å². The van der Waals surface area contributed by atoms with Crippen LogP contribution >= 0.6 is 11.6 Å². The summed E-state index contributed by atoms with van der Waals surface area (Å²) in [4.78, 5) is 0. The number of benzene rings is 3. The van der Waals surface area contributed by atoms with Crippen molar-refractivity contribution < 1.29 is 0 Å². The zero-order chi connectivity index (χ0) is 13.5. The van der Waals surface area contributed by atoms with Crippen molar-refractivity contribution in [2.75, 3.05) is 0 Å². The summed E-state index contributed by atoms with van der Waals surface area (Å²) in [7, 11) is 0. The van der Waals surface area contributed by atoms with E-state index < -0.39 is 0 Å². The summed E-state index contributed by atoms with van der Waals surface area (Å²) >= 11 is 5.53. The van der Waals surface area contributed by atoms with Gasteiger partial charge in [-0.25, -0.2) is 0 Å². The molecule has 0 aromatic heterocycles. The summed E-state index contributed by atoms with van der Waals surface area (Å²) in [5.74, 6) is 0.612. The maximum absolute atomic E-state index is 5.53. The van der Waals surface area contributed by atoms with E-state index in [1.165, 1.54) is 21.9 Å². The number of halogens is 1. The second-order valence-corrected chi connectivity index (χ2v) is 4.74. The summed E-state index contributed by atoms with van der Waals surface area (Å²) < 4.78 is 0. The Kier molecular flexibility index (Phi) is 5.00. The van der Waals surface area contributed by atoms with Crippen molar-refractivity contribution in [3.63, 3.8) is 0 Å². The molecule has 0 nitrogen and oxygen atoms in total. The van der Waals surface area contributed by atoms with E-state index in [0.29, 0.717) is 5.88 Å². The zero-order valence-electron chi connectivity index (χ0n) is 11.0. The molecular formula is C18H17Cl. The number of alkyl halides is 1. The number of rotatable bonds is 1. The van der Waals surface area contributed by atoms with E-state index in [0.717, 1.165) is 0 Å². The maximum atomic E-state index is 5.53. The standard InChI is InChI=1S/C11H10.C7H7Cl/c1-9-6-7-10-4-2-3-5-11(10)8-9;8-6-7-4-2-1-3-5-7/h2-8H,1H3;1-5H,6H2. The lowest BCUT2D eigenvalue weighted by Crippen LogP contribution is -1.73. The minimum atomic E-state index is 0.612. The lowest BCUT2D eigenvalue weighted by Gasteiger charge is -1.96. The number of aryl methyl sites for hydroxylation is 1. The normalized spacial score (nSPS) is 9.79. The second-order valence-electron chi connectivity index (χ2n) is 4.47. The fourth-order valence-corrected chi connectivity index (χ4v) is 2.05. The molecule has 0 fully saturated rings. The molecule has 3 rings (SSSR count). The summed E-state index contributed by atoms with van der Waals surface area (Å²) in [5.41, 5.74) is 2.50. The van der Waals surface area contributed by atoms with Crippen molar-refractivity contribution in [3.05, 3.63) is 83.9 Å². The molecule has 19 heavy (non-hydrogen) atoms. The molecule has 3 aromatic rings. The van der Waals surface area contributed by atoms with Gasteiger partial charge in [-0.15, -0.1) is 11.6 Å². The Morgan fingerprint density at radius 2 is 1.37 bits per heavy atom. The molecule has 0 aliphatic heterocycles. The quantitative estimate of drug-likeness (QED) is 0.506. The van der Waals surface area contributed by atoms with Crippen molar-refractivity contribution in [1.82, 2.24) is 0 Å². The van der Waals surface area contributed by atoms with Crippen molar-refractivity contribution in [2.45, 2.75) is 12.8 Å². The van der Waals surface area contributed by atoms with E-state index in [9.17, 15) is 0 Å². The van der Waals surface area contributed by atoms with Crippen LogP contribution in [-0.2, 0) is 5.88 Å². The SMILES string of the molecule is Cc1ccc2ccccc2c1.ClCc1ccccc1. The van der Waals surface area contributed by atoms with Crippen LogP contribution < -0.4 is 0 Å². The van der Waals surface area contributed by atoms with Crippen LogP contribution in [0.3, 0.4) is 0 Å².